The Balaban J connectivity index is 1.72. The van der Waals surface area contributed by atoms with Crippen LogP contribution < -0.4 is 10.6 Å². The van der Waals surface area contributed by atoms with Gasteiger partial charge in [0, 0.05) is 5.69 Å². The van der Waals surface area contributed by atoms with Crippen molar-refractivity contribution < 1.29 is 14.7 Å². The first-order valence-corrected chi connectivity index (χ1v) is 7.01. The van der Waals surface area contributed by atoms with Crippen LogP contribution in [0.1, 0.15) is 13.8 Å². The van der Waals surface area contributed by atoms with Crippen LogP contribution in [0.25, 0.3) is 0 Å². The van der Waals surface area contributed by atoms with E-state index in [-0.39, 0.29) is 18.4 Å². The van der Waals surface area contributed by atoms with Crippen molar-refractivity contribution in [2.75, 3.05) is 25.0 Å². The zero-order valence-corrected chi connectivity index (χ0v) is 12.3. The van der Waals surface area contributed by atoms with Gasteiger partial charge >= 0.3 is 6.03 Å². The molecule has 0 aromatic heterocycles. The molecule has 1 saturated heterocycles. The first-order valence-electron chi connectivity index (χ1n) is 7.01. The van der Waals surface area contributed by atoms with Crippen molar-refractivity contribution in [3.63, 3.8) is 0 Å². The summed E-state index contributed by atoms with van der Waals surface area (Å²) in [5.74, 6) is -0.0839. The lowest BCUT2D eigenvalue weighted by Crippen LogP contribution is -2.67. The van der Waals surface area contributed by atoms with Gasteiger partial charge in [0.1, 0.15) is 5.60 Å². The number of para-hydroxylation sites is 1. The second-order valence-corrected chi connectivity index (χ2v) is 5.68. The van der Waals surface area contributed by atoms with E-state index >= 15 is 0 Å². The van der Waals surface area contributed by atoms with Crippen molar-refractivity contribution in [2.24, 2.45) is 5.92 Å². The first kappa shape index (κ1) is 15.3. The van der Waals surface area contributed by atoms with E-state index in [1.807, 2.05) is 32.0 Å². The van der Waals surface area contributed by atoms with E-state index in [2.05, 4.69) is 10.6 Å². The lowest BCUT2D eigenvalue weighted by atomic mass is 9.83. The number of urea groups is 1. The number of anilines is 1. The maximum atomic E-state index is 11.9. The summed E-state index contributed by atoms with van der Waals surface area (Å²) in [6, 6.07) is 8.58. The molecule has 1 aliphatic rings. The van der Waals surface area contributed by atoms with Crippen LogP contribution in [-0.4, -0.2) is 47.2 Å². The number of aliphatic hydroxyl groups is 1. The second-order valence-electron chi connectivity index (χ2n) is 5.68. The molecule has 0 aliphatic carbocycles. The maximum Gasteiger partial charge on any atom is 0.319 e. The third-order valence-electron chi connectivity index (χ3n) is 3.79. The molecule has 0 bridgehead atoms. The van der Waals surface area contributed by atoms with Crippen LogP contribution in [0.2, 0.25) is 0 Å². The van der Waals surface area contributed by atoms with E-state index < -0.39 is 11.6 Å². The van der Waals surface area contributed by atoms with Crippen molar-refractivity contribution in [1.82, 2.24) is 10.2 Å². The molecular weight excluding hydrogens is 270 g/mol. The van der Waals surface area contributed by atoms with E-state index in [1.54, 1.807) is 17.0 Å². The van der Waals surface area contributed by atoms with Crippen molar-refractivity contribution in [3.8, 4) is 0 Å². The van der Waals surface area contributed by atoms with Gasteiger partial charge in [-0.15, -0.1) is 0 Å². The Morgan fingerprint density at radius 3 is 2.48 bits per heavy atom. The topological polar surface area (TPSA) is 81.7 Å². The number of likely N-dealkylation sites (tertiary alicyclic amines) is 1. The summed E-state index contributed by atoms with van der Waals surface area (Å²) in [6.45, 7) is 4.42. The third kappa shape index (κ3) is 3.72. The van der Waals surface area contributed by atoms with Gasteiger partial charge in [-0.25, -0.2) is 4.79 Å². The second kappa shape index (κ2) is 6.13. The lowest BCUT2D eigenvalue weighted by molar-refractivity contribution is -0.162. The fourth-order valence-electron chi connectivity index (χ4n) is 2.12. The predicted octanol–water partition coefficient (Wildman–Crippen LogP) is 1.04. The summed E-state index contributed by atoms with van der Waals surface area (Å²) in [5.41, 5.74) is -0.123. The molecule has 114 valence electrons. The van der Waals surface area contributed by atoms with Crippen LogP contribution in [0.5, 0.6) is 0 Å². The highest BCUT2D eigenvalue weighted by Crippen LogP contribution is 2.28. The van der Waals surface area contributed by atoms with Gasteiger partial charge in [0.2, 0.25) is 5.91 Å². The summed E-state index contributed by atoms with van der Waals surface area (Å²) in [4.78, 5) is 25.0. The Hall–Kier alpha value is -2.08. The quantitative estimate of drug-likeness (QED) is 0.775. The minimum atomic E-state index is -0.790. The monoisotopic (exact) mass is 291 g/mol. The fraction of sp³-hybridized carbons (Fsp3) is 0.467. The fourth-order valence-corrected chi connectivity index (χ4v) is 2.12. The minimum absolute atomic E-state index is 0.0765. The van der Waals surface area contributed by atoms with Crippen LogP contribution in [0, 0.1) is 5.92 Å². The molecule has 1 aliphatic heterocycles. The number of hydrogen-bond donors (Lipinski definition) is 3. The first-order chi connectivity index (χ1) is 9.90. The molecule has 3 N–H and O–H groups in total. The summed E-state index contributed by atoms with van der Waals surface area (Å²) in [6.07, 6.45) is 0. The molecule has 0 atom stereocenters. The Labute approximate surface area is 124 Å². The number of amides is 3. The molecule has 3 amide bonds. The van der Waals surface area contributed by atoms with Gasteiger partial charge in [0.05, 0.1) is 19.6 Å². The number of β-amino-alcohol motifs (C(OH)–C–C–N with tert-alkyl or cyclic N) is 1. The Kier molecular flexibility index (Phi) is 4.47. The lowest BCUT2D eigenvalue weighted by Gasteiger charge is -2.49. The number of rotatable bonds is 4. The molecule has 1 aromatic rings. The molecule has 0 saturated carbocycles. The standard InChI is InChI=1S/C15H21N3O3/c1-11(2)15(21)9-18(10-15)13(19)8-16-14(20)17-12-6-4-3-5-7-12/h3-7,11,21H,8-10H2,1-2H3,(H2,16,17,20). The minimum Gasteiger partial charge on any atom is -0.386 e. The number of carbonyl (C=O) groups is 2. The van der Waals surface area contributed by atoms with Crippen molar-refractivity contribution in [1.29, 1.82) is 0 Å². The summed E-state index contributed by atoms with van der Waals surface area (Å²) >= 11 is 0. The SMILES string of the molecule is CC(C)C1(O)CN(C(=O)CNC(=O)Nc2ccccc2)C1. The number of hydrogen-bond acceptors (Lipinski definition) is 3. The predicted molar refractivity (Wildman–Crippen MR) is 79.8 cm³/mol. The number of nitrogens with one attached hydrogen (secondary N) is 2. The largest absolute Gasteiger partial charge is 0.386 e. The average molecular weight is 291 g/mol. The molecule has 6 nitrogen and oxygen atoms in total. The van der Waals surface area contributed by atoms with E-state index in [9.17, 15) is 14.7 Å². The van der Waals surface area contributed by atoms with Crippen molar-refractivity contribution in [3.05, 3.63) is 30.3 Å². The molecule has 0 radical (unpaired) electrons. The highest BCUT2D eigenvalue weighted by molar-refractivity contribution is 5.92. The number of carbonyl (C=O) groups excluding carboxylic acids is 2. The number of nitrogens with zero attached hydrogens (tertiary/aromatic N) is 1. The van der Waals surface area contributed by atoms with Crippen LogP contribution in [0.3, 0.4) is 0 Å². The van der Waals surface area contributed by atoms with Gasteiger partial charge in [-0.2, -0.15) is 0 Å². The van der Waals surface area contributed by atoms with Crippen LogP contribution in [0.15, 0.2) is 30.3 Å². The van der Waals surface area contributed by atoms with Crippen molar-refractivity contribution in [2.45, 2.75) is 19.4 Å². The summed E-state index contributed by atoms with van der Waals surface area (Å²) < 4.78 is 0. The normalized spacial score (nSPS) is 16.3. The van der Waals surface area contributed by atoms with Crippen molar-refractivity contribution >= 4 is 17.6 Å². The van der Waals surface area contributed by atoms with Gasteiger partial charge < -0.3 is 20.6 Å². The zero-order chi connectivity index (χ0) is 15.5. The van der Waals surface area contributed by atoms with Gasteiger partial charge in [0.25, 0.3) is 0 Å². The highest BCUT2D eigenvalue weighted by atomic mass is 16.3. The molecule has 1 heterocycles. The summed E-state index contributed by atoms with van der Waals surface area (Å²) in [7, 11) is 0. The van der Waals surface area contributed by atoms with E-state index in [0.717, 1.165) is 0 Å². The Bertz CT molecular complexity index is 510. The number of benzene rings is 1. The van der Waals surface area contributed by atoms with E-state index in [1.165, 1.54) is 0 Å². The average Bonchev–Trinajstić information content (AvgIpc) is 2.42. The molecule has 0 spiro atoms. The van der Waals surface area contributed by atoms with Crippen LogP contribution in [0.4, 0.5) is 10.5 Å². The zero-order valence-electron chi connectivity index (χ0n) is 12.3. The van der Waals surface area contributed by atoms with E-state index in [0.29, 0.717) is 18.8 Å². The molecule has 1 aromatic carbocycles. The molecule has 21 heavy (non-hydrogen) atoms. The molecule has 0 unspecified atom stereocenters. The van der Waals surface area contributed by atoms with Gasteiger partial charge in [0.15, 0.2) is 0 Å². The van der Waals surface area contributed by atoms with Gasteiger partial charge in [-0.3, -0.25) is 4.79 Å². The van der Waals surface area contributed by atoms with Gasteiger partial charge in [-0.1, -0.05) is 32.0 Å². The smallest absolute Gasteiger partial charge is 0.319 e. The Morgan fingerprint density at radius 2 is 1.90 bits per heavy atom. The molecule has 1 fully saturated rings. The van der Waals surface area contributed by atoms with E-state index in [4.69, 9.17) is 0 Å². The third-order valence-corrected chi connectivity index (χ3v) is 3.79. The van der Waals surface area contributed by atoms with Gasteiger partial charge in [-0.05, 0) is 18.1 Å². The summed E-state index contributed by atoms with van der Waals surface area (Å²) in [5, 5.41) is 15.2. The highest BCUT2D eigenvalue weighted by Gasteiger charge is 2.45. The molecule has 6 heteroatoms. The molecular formula is C15H21N3O3. The van der Waals surface area contributed by atoms with Crippen LogP contribution >= 0.6 is 0 Å². The molecule has 2 rings (SSSR count). The maximum absolute atomic E-state index is 11.9. The van der Waals surface area contributed by atoms with Crippen LogP contribution in [-0.2, 0) is 4.79 Å². The Morgan fingerprint density at radius 1 is 1.29 bits per heavy atom.